The number of carbonyl (C=O) groups excluding carboxylic acids is 1. The van der Waals surface area contributed by atoms with Crippen LogP contribution in [0.4, 0.5) is 0 Å². The highest BCUT2D eigenvalue weighted by atomic mass is 16.5. The number of carbonyl (C=O) groups is 1. The van der Waals surface area contributed by atoms with Crippen molar-refractivity contribution in [2.24, 2.45) is 0 Å². The van der Waals surface area contributed by atoms with E-state index in [4.69, 9.17) is 9.47 Å². The Morgan fingerprint density at radius 2 is 2.14 bits per heavy atom. The van der Waals surface area contributed by atoms with Gasteiger partial charge in [-0.1, -0.05) is 0 Å². The lowest BCUT2D eigenvalue weighted by Crippen LogP contribution is -2.42. The Morgan fingerprint density at radius 1 is 1.36 bits per heavy atom. The van der Waals surface area contributed by atoms with E-state index in [0.29, 0.717) is 11.3 Å². The molecule has 0 aromatic heterocycles. The maximum Gasteiger partial charge on any atom is 0.342 e. The van der Waals surface area contributed by atoms with Crippen LogP contribution >= 0.6 is 0 Å². The van der Waals surface area contributed by atoms with Crippen molar-refractivity contribution in [2.75, 3.05) is 27.8 Å². The highest BCUT2D eigenvalue weighted by Gasteiger charge is 2.46. The van der Waals surface area contributed by atoms with Gasteiger partial charge in [0.1, 0.15) is 5.75 Å². The van der Waals surface area contributed by atoms with Crippen molar-refractivity contribution >= 4 is 11.7 Å². The number of nitrogens with zero attached hydrogens (tertiary/aromatic N) is 1. The molecule has 0 spiro atoms. The lowest BCUT2D eigenvalue weighted by atomic mass is 9.75. The zero-order valence-electron chi connectivity index (χ0n) is 13.2. The first-order valence-corrected chi connectivity index (χ1v) is 7.44. The predicted molar refractivity (Wildman–Crippen MR) is 82.3 cm³/mol. The Bertz CT molecular complexity index is 652. The smallest absolute Gasteiger partial charge is 0.342 e. The molecule has 0 saturated heterocycles. The highest BCUT2D eigenvalue weighted by Crippen LogP contribution is 2.46. The first-order valence-electron chi connectivity index (χ1n) is 7.44. The van der Waals surface area contributed by atoms with Crippen LogP contribution in [0.25, 0.3) is 5.70 Å². The van der Waals surface area contributed by atoms with Crippen LogP contribution in [0.15, 0.2) is 23.8 Å². The van der Waals surface area contributed by atoms with Gasteiger partial charge in [0.2, 0.25) is 0 Å². The SMILES string of the molecule is COC(=O)[C@@]1(O)CC2=C(c3ccc(OC)cc31)N(C)CCC2. The van der Waals surface area contributed by atoms with Crippen molar-refractivity contribution in [2.45, 2.75) is 24.9 Å². The zero-order valence-corrected chi connectivity index (χ0v) is 13.2. The van der Waals surface area contributed by atoms with E-state index in [9.17, 15) is 9.90 Å². The normalized spacial score (nSPS) is 23.7. The van der Waals surface area contributed by atoms with Gasteiger partial charge in [-0.25, -0.2) is 4.79 Å². The third-order valence-electron chi connectivity index (χ3n) is 4.61. The van der Waals surface area contributed by atoms with Gasteiger partial charge in [0.25, 0.3) is 0 Å². The van der Waals surface area contributed by atoms with Crippen molar-refractivity contribution in [3.8, 4) is 5.75 Å². The fourth-order valence-electron chi connectivity index (χ4n) is 3.55. The Labute approximate surface area is 130 Å². The summed E-state index contributed by atoms with van der Waals surface area (Å²) in [6.07, 6.45) is 2.20. The minimum atomic E-state index is -1.64. The second-order valence-electron chi connectivity index (χ2n) is 5.92. The molecule has 1 aliphatic heterocycles. The maximum absolute atomic E-state index is 12.3. The van der Waals surface area contributed by atoms with Crippen LogP contribution in [0.3, 0.4) is 0 Å². The van der Waals surface area contributed by atoms with Gasteiger partial charge in [0.05, 0.1) is 14.2 Å². The lowest BCUT2D eigenvalue weighted by molar-refractivity contribution is -0.163. The number of aliphatic hydroxyl groups is 1. The van der Waals surface area contributed by atoms with Gasteiger partial charge in [-0.15, -0.1) is 0 Å². The number of methoxy groups -OCH3 is 2. The molecule has 3 rings (SSSR count). The topological polar surface area (TPSA) is 59.0 Å². The molecule has 0 fully saturated rings. The summed E-state index contributed by atoms with van der Waals surface area (Å²) in [5, 5.41) is 11.1. The largest absolute Gasteiger partial charge is 0.497 e. The number of hydrogen-bond acceptors (Lipinski definition) is 5. The Hall–Kier alpha value is -2.01. The molecular formula is C17H21NO4. The van der Waals surface area contributed by atoms with E-state index in [2.05, 4.69) is 4.90 Å². The second-order valence-corrected chi connectivity index (χ2v) is 5.92. The molecule has 1 heterocycles. The summed E-state index contributed by atoms with van der Waals surface area (Å²) >= 11 is 0. The van der Waals surface area contributed by atoms with Gasteiger partial charge < -0.3 is 19.5 Å². The molecule has 1 aliphatic carbocycles. The number of rotatable bonds is 2. The summed E-state index contributed by atoms with van der Waals surface area (Å²) in [6, 6.07) is 5.51. The monoisotopic (exact) mass is 303 g/mol. The average molecular weight is 303 g/mol. The lowest BCUT2D eigenvalue weighted by Gasteiger charge is -2.40. The van der Waals surface area contributed by atoms with Crippen LogP contribution in [0.5, 0.6) is 5.75 Å². The third kappa shape index (κ3) is 2.08. The number of esters is 1. The minimum absolute atomic E-state index is 0.277. The summed E-state index contributed by atoms with van der Waals surface area (Å²) in [6.45, 7) is 0.973. The quantitative estimate of drug-likeness (QED) is 0.846. The summed E-state index contributed by atoms with van der Waals surface area (Å²) in [4.78, 5) is 14.5. The van der Waals surface area contributed by atoms with E-state index in [1.54, 1.807) is 13.2 Å². The summed E-state index contributed by atoms with van der Waals surface area (Å²) in [5.74, 6) is -0.00892. The number of benzene rings is 1. The van der Waals surface area contributed by atoms with Crippen LogP contribution in [0.1, 0.15) is 30.4 Å². The van der Waals surface area contributed by atoms with E-state index >= 15 is 0 Å². The van der Waals surface area contributed by atoms with Gasteiger partial charge in [-0.3, -0.25) is 0 Å². The molecule has 2 aliphatic rings. The Balaban J connectivity index is 2.23. The van der Waals surface area contributed by atoms with E-state index in [1.807, 2.05) is 19.2 Å². The second kappa shape index (κ2) is 5.32. The van der Waals surface area contributed by atoms with Crippen molar-refractivity contribution in [3.63, 3.8) is 0 Å². The molecule has 0 radical (unpaired) electrons. The first kappa shape index (κ1) is 14.9. The fourth-order valence-corrected chi connectivity index (χ4v) is 3.55. The molecule has 0 amide bonds. The Morgan fingerprint density at radius 3 is 2.82 bits per heavy atom. The van der Waals surface area contributed by atoms with E-state index in [-0.39, 0.29) is 6.42 Å². The zero-order chi connectivity index (χ0) is 15.9. The molecular weight excluding hydrogens is 282 g/mol. The van der Waals surface area contributed by atoms with Crippen LogP contribution in [0, 0.1) is 0 Å². The van der Waals surface area contributed by atoms with Crippen molar-refractivity contribution in [1.82, 2.24) is 4.90 Å². The summed E-state index contributed by atoms with van der Waals surface area (Å²) in [7, 11) is 4.92. The molecule has 1 aromatic rings. The molecule has 5 heteroatoms. The molecule has 1 N–H and O–H groups in total. The van der Waals surface area contributed by atoms with Crippen molar-refractivity contribution < 1.29 is 19.4 Å². The molecule has 1 aromatic carbocycles. The van der Waals surface area contributed by atoms with Gasteiger partial charge in [-0.05, 0) is 36.6 Å². The number of ether oxygens (including phenoxy) is 2. The fraction of sp³-hybridized carbons (Fsp3) is 0.471. The highest BCUT2D eigenvalue weighted by molar-refractivity contribution is 5.88. The van der Waals surface area contributed by atoms with Crippen LogP contribution in [0.2, 0.25) is 0 Å². The minimum Gasteiger partial charge on any atom is -0.497 e. The van der Waals surface area contributed by atoms with Crippen molar-refractivity contribution in [1.29, 1.82) is 0 Å². The number of fused-ring (bicyclic) bond motifs is 2. The molecule has 22 heavy (non-hydrogen) atoms. The van der Waals surface area contributed by atoms with Gasteiger partial charge >= 0.3 is 5.97 Å². The number of hydrogen-bond donors (Lipinski definition) is 1. The summed E-state index contributed by atoms with van der Waals surface area (Å²) in [5.41, 5.74) is 2.04. The van der Waals surface area contributed by atoms with E-state index in [1.165, 1.54) is 7.11 Å². The van der Waals surface area contributed by atoms with E-state index < -0.39 is 11.6 Å². The van der Waals surface area contributed by atoms with Gasteiger partial charge in [0.15, 0.2) is 5.60 Å². The summed E-state index contributed by atoms with van der Waals surface area (Å²) < 4.78 is 10.1. The van der Waals surface area contributed by atoms with Crippen LogP contribution in [-0.4, -0.2) is 43.8 Å². The van der Waals surface area contributed by atoms with Crippen molar-refractivity contribution in [3.05, 3.63) is 34.9 Å². The van der Waals surface area contributed by atoms with Gasteiger partial charge in [-0.2, -0.15) is 0 Å². The molecule has 0 bridgehead atoms. The molecule has 0 unspecified atom stereocenters. The Kier molecular flexibility index (Phi) is 3.60. The molecule has 118 valence electrons. The van der Waals surface area contributed by atoms with Gasteiger partial charge in [0, 0.05) is 36.8 Å². The van der Waals surface area contributed by atoms with E-state index in [0.717, 1.165) is 36.2 Å². The first-order chi connectivity index (χ1) is 10.5. The predicted octanol–water partition coefficient (Wildman–Crippen LogP) is 1.90. The van der Waals surface area contributed by atoms with Crippen LogP contribution < -0.4 is 4.74 Å². The maximum atomic E-state index is 12.3. The third-order valence-corrected chi connectivity index (χ3v) is 4.61. The average Bonchev–Trinajstić information content (AvgIpc) is 2.53. The molecule has 1 atom stereocenters. The standard InChI is InChI=1S/C17H21NO4/c1-18-8-4-5-11-10-17(20,16(19)22-3)14-9-12(21-2)6-7-13(14)15(11)18/h6-7,9,20H,4-5,8,10H2,1-3H3/t17-/m1/s1. The van der Waals surface area contributed by atoms with Crippen LogP contribution in [-0.2, 0) is 15.1 Å². The molecule has 5 nitrogen and oxygen atoms in total. The molecule has 0 saturated carbocycles.